The molecule has 30 heavy (non-hydrogen) atoms. The minimum atomic E-state index is -0.334. The number of aryl methyl sites for hydroxylation is 1. The second kappa shape index (κ2) is 7.19. The first-order valence-electron chi connectivity index (χ1n) is 10.1. The molecule has 0 bridgehead atoms. The maximum atomic E-state index is 13.7. The number of allylic oxidation sites excluding steroid dienone is 2. The zero-order valence-corrected chi connectivity index (χ0v) is 20.5. The molecule has 0 unspecified atom stereocenters. The van der Waals surface area contributed by atoms with Crippen LogP contribution in [-0.4, -0.2) is 16.7 Å². The van der Waals surface area contributed by atoms with Crippen LogP contribution in [0.5, 0.6) is 5.75 Å². The highest BCUT2D eigenvalue weighted by Gasteiger charge is 2.35. The van der Waals surface area contributed by atoms with E-state index < -0.39 is 0 Å². The van der Waals surface area contributed by atoms with Crippen LogP contribution >= 0.6 is 15.9 Å². The van der Waals surface area contributed by atoms with Crippen LogP contribution in [-0.2, 0) is 10.8 Å². The van der Waals surface area contributed by atoms with Crippen molar-refractivity contribution in [2.45, 2.75) is 66.2 Å². The fourth-order valence-corrected chi connectivity index (χ4v) is 4.56. The summed E-state index contributed by atoms with van der Waals surface area (Å²) in [4.78, 5) is 26.8. The van der Waals surface area contributed by atoms with Crippen LogP contribution in [0.15, 0.2) is 28.7 Å². The van der Waals surface area contributed by atoms with E-state index in [0.717, 1.165) is 22.3 Å². The Balaban J connectivity index is 2.37. The van der Waals surface area contributed by atoms with Gasteiger partial charge in [0.05, 0.1) is 4.48 Å². The van der Waals surface area contributed by atoms with Crippen LogP contribution in [0.25, 0.3) is 5.57 Å². The molecule has 0 atom stereocenters. The highest BCUT2D eigenvalue weighted by molar-refractivity contribution is 9.12. The van der Waals surface area contributed by atoms with E-state index in [1.165, 1.54) is 0 Å². The Morgan fingerprint density at radius 3 is 1.80 bits per heavy atom. The van der Waals surface area contributed by atoms with Gasteiger partial charge >= 0.3 is 0 Å². The first-order chi connectivity index (χ1) is 13.7. The van der Waals surface area contributed by atoms with Crippen molar-refractivity contribution in [1.82, 2.24) is 0 Å². The number of phenols is 1. The maximum absolute atomic E-state index is 13.7. The van der Waals surface area contributed by atoms with Crippen molar-refractivity contribution in [3.05, 3.63) is 67.7 Å². The quantitative estimate of drug-likeness (QED) is 0.500. The molecule has 0 saturated heterocycles. The number of fused-ring (bicyclic) bond motifs is 1. The van der Waals surface area contributed by atoms with Crippen LogP contribution in [0.2, 0.25) is 0 Å². The first-order valence-corrected chi connectivity index (χ1v) is 10.9. The van der Waals surface area contributed by atoms with Gasteiger partial charge < -0.3 is 5.11 Å². The first kappa shape index (κ1) is 22.5. The van der Waals surface area contributed by atoms with Crippen LogP contribution in [0.3, 0.4) is 0 Å². The molecule has 0 heterocycles. The molecule has 158 valence electrons. The summed E-state index contributed by atoms with van der Waals surface area (Å²) < 4.78 is 0.272. The lowest BCUT2D eigenvalue weighted by molar-refractivity contribution is 0.0998. The summed E-state index contributed by atoms with van der Waals surface area (Å²) in [5.41, 5.74) is 4.56. The molecule has 2 aromatic rings. The summed E-state index contributed by atoms with van der Waals surface area (Å²) in [7, 11) is 0. The monoisotopic (exact) mass is 468 g/mol. The lowest BCUT2D eigenvalue weighted by atomic mass is 9.76. The lowest BCUT2D eigenvalue weighted by Gasteiger charge is -2.29. The molecular weight excluding hydrogens is 440 g/mol. The molecule has 3 nitrogen and oxygen atoms in total. The fourth-order valence-electron chi connectivity index (χ4n) is 3.93. The Morgan fingerprint density at radius 1 is 0.833 bits per heavy atom. The smallest absolute Gasteiger partial charge is 0.201 e. The Hall–Kier alpha value is -2.20. The molecule has 0 amide bonds. The number of benzene rings is 2. The van der Waals surface area contributed by atoms with E-state index in [1.807, 2.05) is 73.6 Å². The molecule has 1 aliphatic carbocycles. The van der Waals surface area contributed by atoms with Crippen molar-refractivity contribution in [2.24, 2.45) is 0 Å². The van der Waals surface area contributed by atoms with E-state index in [2.05, 4.69) is 15.9 Å². The van der Waals surface area contributed by atoms with E-state index in [4.69, 9.17) is 0 Å². The van der Waals surface area contributed by atoms with Gasteiger partial charge in [-0.1, -0.05) is 47.6 Å². The van der Waals surface area contributed by atoms with Gasteiger partial charge in [-0.25, -0.2) is 0 Å². The van der Waals surface area contributed by atoms with Gasteiger partial charge in [0.25, 0.3) is 0 Å². The maximum Gasteiger partial charge on any atom is 0.201 e. The molecule has 1 aliphatic rings. The number of rotatable bonds is 1. The van der Waals surface area contributed by atoms with Gasteiger partial charge in [0.1, 0.15) is 5.75 Å². The predicted octanol–water partition coefficient (Wildman–Crippen LogP) is 6.79. The Bertz CT molecular complexity index is 1090. The van der Waals surface area contributed by atoms with Crippen LogP contribution in [0.4, 0.5) is 0 Å². The van der Waals surface area contributed by atoms with Crippen molar-refractivity contribution in [3.63, 3.8) is 0 Å². The Labute approximate surface area is 187 Å². The highest BCUT2D eigenvalue weighted by Crippen LogP contribution is 2.44. The molecule has 0 aliphatic heterocycles. The summed E-state index contributed by atoms with van der Waals surface area (Å²) in [5.74, 6) is -0.106. The van der Waals surface area contributed by atoms with E-state index in [9.17, 15) is 14.7 Å². The molecule has 0 saturated carbocycles. The zero-order chi connectivity index (χ0) is 22.8. The number of phenolic OH excluding ortho intramolecular Hbond substituents is 1. The SMILES string of the molecule is Cc1ccc2c(c1C)C(=O)C(c1cc(C(C)(C)C)c(O)c(C(C)(C)C)c1)=C(Br)C2=O. The average molecular weight is 469 g/mol. The zero-order valence-electron chi connectivity index (χ0n) is 19.0. The molecule has 4 heteroatoms. The average Bonchev–Trinajstić information content (AvgIpc) is 2.61. The van der Waals surface area contributed by atoms with Gasteiger partial charge in [-0.05, 0) is 75.5 Å². The molecule has 1 N–H and O–H groups in total. The third-order valence-electron chi connectivity index (χ3n) is 5.87. The third kappa shape index (κ3) is 3.56. The van der Waals surface area contributed by atoms with E-state index in [0.29, 0.717) is 22.3 Å². The molecular formula is C26H29BrO3. The number of hydrogen-bond donors (Lipinski definition) is 1. The number of carbonyl (C=O) groups excluding carboxylic acids is 2. The van der Waals surface area contributed by atoms with E-state index in [-0.39, 0.29) is 32.6 Å². The molecule has 0 radical (unpaired) electrons. The number of ketones is 2. The molecule has 0 fully saturated rings. The van der Waals surface area contributed by atoms with Gasteiger partial charge in [0.15, 0.2) is 5.78 Å². The Kier molecular flexibility index (Phi) is 5.39. The van der Waals surface area contributed by atoms with Gasteiger partial charge in [0, 0.05) is 27.8 Å². The summed E-state index contributed by atoms with van der Waals surface area (Å²) in [5, 5.41) is 11.0. The van der Waals surface area contributed by atoms with Crippen molar-refractivity contribution in [3.8, 4) is 5.75 Å². The summed E-state index contributed by atoms with van der Waals surface area (Å²) >= 11 is 3.43. The van der Waals surface area contributed by atoms with Crippen molar-refractivity contribution in [2.75, 3.05) is 0 Å². The van der Waals surface area contributed by atoms with Crippen molar-refractivity contribution >= 4 is 33.1 Å². The fraction of sp³-hybridized carbons (Fsp3) is 0.385. The van der Waals surface area contributed by atoms with Gasteiger partial charge in [-0.2, -0.15) is 0 Å². The topological polar surface area (TPSA) is 54.4 Å². The highest BCUT2D eigenvalue weighted by atomic mass is 79.9. The standard InChI is InChI=1S/C26H29BrO3/c1-13-9-10-16-19(14(13)2)24(30)20(21(27)22(16)28)15-11-17(25(3,4)5)23(29)18(12-15)26(6,7)8/h9-12,29H,1-8H3. The number of halogens is 1. The van der Waals surface area contributed by atoms with Crippen LogP contribution in [0.1, 0.15) is 90.1 Å². The summed E-state index contributed by atoms with van der Waals surface area (Å²) in [6.45, 7) is 16.0. The number of carbonyl (C=O) groups is 2. The molecule has 3 rings (SSSR count). The van der Waals surface area contributed by atoms with Crippen molar-refractivity contribution in [1.29, 1.82) is 0 Å². The number of hydrogen-bond acceptors (Lipinski definition) is 3. The van der Waals surface area contributed by atoms with Gasteiger partial charge in [-0.3, -0.25) is 9.59 Å². The molecule has 0 aromatic heterocycles. The lowest BCUT2D eigenvalue weighted by Crippen LogP contribution is -2.22. The third-order valence-corrected chi connectivity index (χ3v) is 6.62. The summed E-state index contributed by atoms with van der Waals surface area (Å²) in [6.07, 6.45) is 0. The molecule has 0 spiro atoms. The Morgan fingerprint density at radius 2 is 1.33 bits per heavy atom. The second-order valence-corrected chi connectivity index (χ2v) is 11.0. The van der Waals surface area contributed by atoms with Gasteiger partial charge in [-0.15, -0.1) is 0 Å². The molecule has 2 aromatic carbocycles. The minimum Gasteiger partial charge on any atom is -0.507 e. The normalized spacial score (nSPS) is 15.0. The van der Waals surface area contributed by atoms with E-state index in [1.54, 1.807) is 6.07 Å². The van der Waals surface area contributed by atoms with Crippen LogP contribution < -0.4 is 0 Å². The van der Waals surface area contributed by atoms with Crippen molar-refractivity contribution < 1.29 is 14.7 Å². The number of Topliss-reactive ketones (excluding diaryl/α,β-unsaturated/α-hetero) is 2. The summed E-state index contributed by atoms with van der Waals surface area (Å²) in [6, 6.07) is 7.31. The van der Waals surface area contributed by atoms with Crippen LogP contribution in [0, 0.1) is 13.8 Å². The van der Waals surface area contributed by atoms with E-state index >= 15 is 0 Å². The minimum absolute atomic E-state index is 0.164. The predicted molar refractivity (Wildman–Crippen MR) is 126 cm³/mol. The van der Waals surface area contributed by atoms with Gasteiger partial charge in [0.2, 0.25) is 5.78 Å². The largest absolute Gasteiger partial charge is 0.507 e. The number of aromatic hydroxyl groups is 1. The second-order valence-electron chi connectivity index (χ2n) is 10.2.